The maximum atomic E-state index is 6.45. The summed E-state index contributed by atoms with van der Waals surface area (Å²) in [6.45, 7) is 7.98. The zero-order chi connectivity index (χ0) is 27.9. The highest BCUT2D eigenvalue weighted by molar-refractivity contribution is 6.28. The fraction of sp³-hybridized carbons (Fsp3) is 0. The Labute approximate surface area is 241 Å². The minimum absolute atomic E-state index is 0.745. The Kier molecular flexibility index (Phi) is 4.66. The van der Waals surface area contributed by atoms with Gasteiger partial charge in [-0.1, -0.05) is 122 Å². The van der Waals surface area contributed by atoms with Gasteiger partial charge in [0.1, 0.15) is 22.5 Å². The van der Waals surface area contributed by atoms with E-state index in [1.807, 2.05) is 18.2 Å². The van der Waals surface area contributed by atoms with Gasteiger partial charge < -0.3 is 8.83 Å². The highest BCUT2D eigenvalue weighted by Gasteiger charge is 2.20. The van der Waals surface area contributed by atoms with Gasteiger partial charge in [-0.05, 0) is 55.6 Å². The summed E-state index contributed by atoms with van der Waals surface area (Å²) in [5.41, 5.74) is 8.16. The second kappa shape index (κ2) is 8.45. The van der Waals surface area contributed by atoms with Crippen LogP contribution in [0.3, 0.4) is 0 Å². The molecule has 0 fully saturated rings. The lowest BCUT2D eigenvalue weighted by Crippen LogP contribution is -1.90. The quantitative estimate of drug-likeness (QED) is 0.209. The summed E-state index contributed by atoms with van der Waals surface area (Å²) in [6.07, 6.45) is 3.61. The van der Waals surface area contributed by atoms with Gasteiger partial charge in [-0.2, -0.15) is 0 Å². The van der Waals surface area contributed by atoms with Gasteiger partial charge in [0.15, 0.2) is 0 Å². The summed E-state index contributed by atoms with van der Waals surface area (Å²) in [6, 6.07) is 39.0. The Hall–Kier alpha value is -5.60. The lowest BCUT2D eigenvalue weighted by molar-refractivity contribution is 0.604. The van der Waals surface area contributed by atoms with Crippen molar-refractivity contribution >= 4 is 77.4 Å². The van der Waals surface area contributed by atoms with Gasteiger partial charge in [0.05, 0.1) is 0 Å². The molecule has 2 heteroatoms. The molecular formula is C40H24O2. The second-order valence-electron chi connectivity index (χ2n) is 10.9. The smallest absolute Gasteiger partial charge is 0.143 e. The molecule has 0 amide bonds. The number of fused-ring (bicyclic) bond motifs is 4. The molecule has 0 aliphatic carbocycles. The first-order valence-corrected chi connectivity index (χ1v) is 14.2. The van der Waals surface area contributed by atoms with Crippen LogP contribution >= 0.6 is 0 Å². The van der Waals surface area contributed by atoms with Gasteiger partial charge in [0.2, 0.25) is 0 Å². The number of rotatable bonds is 4. The second-order valence-corrected chi connectivity index (χ2v) is 10.9. The third-order valence-electron chi connectivity index (χ3n) is 8.82. The molecule has 9 aromatic rings. The van der Waals surface area contributed by atoms with E-state index >= 15 is 0 Å². The predicted molar refractivity (Wildman–Crippen MR) is 178 cm³/mol. The largest absolute Gasteiger partial charge is 0.455 e. The topological polar surface area (TPSA) is 26.3 Å². The number of hydrogen-bond acceptors (Lipinski definition) is 2. The van der Waals surface area contributed by atoms with Crippen molar-refractivity contribution < 1.29 is 8.83 Å². The van der Waals surface area contributed by atoms with Crippen LogP contribution < -0.4 is 0 Å². The van der Waals surface area contributed by atoms with Crippen molar-refractivity contribution in [2.24, 2.45) is 0 Å². The van der Waals surface area contributed by atoms with Crippen LogP contribution in [0.25, 0.3) is 99.6 Å². The molecule has 0 radical (unpaired) electrons. The molecule has 0 saturated heterocycles. The Balaban J connectivity index is 1.36. The maximum Gasteiger partial charge on any atom is 0.143 e. The normalized spacial score (nSPS) is 12.0. The Morgan fingerprint density at radius 3 is 1.64 bits per heavy atom. The van der Waals surface area contributed by atoms with E-state index in [0.717, 1.165) is 60.9 Å². The van der Waals surface area contributed by atoms with Gasteiger partial charge >= 0.3 is 0 Å². The molecule has 9 rings (SSSR count). The number of para-hydroxylation sites is 3. The van der Waals surface area contributed by atoms with E-state index < -0.39 is 0 Å². The van der Waals surface area contributed by atoms with E-state index in [1.54, 1.807) is 6.08 Å². The highest BCUT2D eigenvalue weighted by atomic mass is 16.3. The van der Waals surface area contributed by atoms with Crippen molar-refractivity contribution in [1.82, 2.24) is 0 Å². The van der Waals surface area contributed by atoms with Crippen LogP contribution in [0.2, 0.25) is 0 Å². The summed E-state index contributed by atoms with van der Waals surface area (Å²) >= 11 is 0. The number of benzene rings is 7. The average Bonchev–Trinajstić information content (AvgIpc) is 3.61. The summed E-state index contributed by atoms with van der Waals surface area (Å²) in [4.78, 5) is 0. The Morgan fingerprint density at radius 1 is 0.429 bits per heavy atom. The van der Waals surface area contributed by atoms with Crippen LogP contribution in [0.1, 0.15) is 11.3 Å². The molecule has 42 heavy (non-hydrogen) atoms. The minimum atomic E-state index is 0.745. The molecule has 0 aliphatic heterocycles. The standard InChI is InChI=1S/C40H24O2/c1-3-25-31-10-7-11-32(39(31)41-35(25)4-2)26-19-15-23-18-22-30-27(20-16-24-17-21-29(26)37(23)38(24)30)33-12-8-13-34-28-9-5-6-14-36(28)42-40(33)34/h3-22H,1-2H2. The van der Waals surface area contributed by atoms with Crippen molar-refractivity contribution in [3.63, 3.8) is 0 Å². The van der Waals surface area contributed by atoms with E-state index in [9.17, 15) is 0 Å². The van der Waals surface area contributed by atoms with Crippen LogP contribution in [-0.2, 0) is 0 Å². The molecule has 0 atom stereocenters. The van der Waals surface area contributed by atoms with Crippen molar-refractivity contribution in [2.45, 2.75) is 0 Å². The molecule has 0 saturated carbocycles. The van der Waals surface area contributed by atoms with Gasteiger partial charge in [-0.3, -0.25) is 0 Å². The molecule has 0 N–H and O–H groups in total. The molecular weight excluding hydrogens is 512 g/mol. The SMILES string of the molecule is C=Cc1oc2c(-c3ccc4ccc5c(-c6cccc7c6oc6ccccc67)ccc6ccc3c4c65)cccc2c1C=C. The predicted octanol–water partition coefficient (Wildman–Crippen LogP) is 11.8. The first kappa shape index (κ1) is 23.1. The lowest BCUT2D eigenvalue weighted by Gasteiger charge is -2.16. The fourth-order valence-electron chi connectivity index (χ4n) is 6.96. The van der Waals surface area contributed by atoms with Crippen LogP contribution in [0.4, 0.5) is 0 Å². The molecule has 2 nitrogen and oxygen atoms in total. The number of hydrogen-bond donors (Lipinski definition) is 0. The summed E-state index contributed by atoms with van der Waals surface area (Å²) in [5.74, 6) is 0.745. The van der Waals surface area contributed by atoms with E-state index in [1.165, 1.54) is 37.9 Å². The molecule has 0 aliphatic rings. The maximum absolute atomic E-state index is 6.45. The van der Waals surface area contributed by atoms with Gasteiger partial charge in [0, 0.05) is 32.8 Å². The van der Waals surface area contributed by atoms with E-state index in [2.05, 4.69) is 110 Å². The molecule has 196 valence electrons. The third-order valence-corrected chi connectivity index (χ3v) is 8.82. The zero-order valence-corrected chi connectivity index (χ0v) is 22.8. The van der Waals surface area contributed by atoms with Gasteiger partial charge in [-0.15, -0.1) is 0 Å². The van der Waals surface area contributed by atoms with Crippen LogP contribution in [-0.4, -0.2) is 0 Å². The molecule has 7 aromatic carbocycles. The van der Waals surface area contributed by atoms with E-state index in [0.29, 0.717) is 0 Å². The van der Waals surface area contributed by atoms with Crippen LogP contribution in [0, 0.1) is 0 Å². The van der Waals surface area contributed by atoms with Crippen LogP contribution in [0.15, 0.2) is 131 Å². The summed E-state index contributed by atoms with van der Waals surface area (Å²) in [7, 11) is 0. The molecule has 2 heterocycles. The summed E-state index contributed by atoms with van der Waals surface area (Å²) in [5, 5.41) is 10.7. The van der Waals surface area contributed by atoms with Crippen molar-refractivity contribution in [1.29, 1.82) is 0 Å². The fourth-order valence-corrected chi connectivity index (χ4v) is 6.96. The Bertz CT molecular complexity index is 2550. The lowest BCUT2D eigenvalue weighted by atomic mass is 9.87. The van der Waals surface area contributed by atoms with E-state index in [-0.39, 0.29) is 0 Å². The molecule has 2 aromatic heterocycles. The molecule has 0 bridgehead atoms. The van der Waals surface area contributed by atoms with Crippen LogP contribution in [0.5, 0.6) is 0 Å². The molecule has 0 unspecified atom stereocenters. The first-order chi connectivity index (χ1) is 20.7. The zero-order valence-electron chi connectivity index (χ0n) is 22.8. The van der Waals surface area contributed by atoms with E-state index in [4.69, 9.17) is 8.83 Å². The van der Waals surface area contributed by atoms with Crippen molar-refractivity contribution in [3.8, 4) is 22.3 Å². The van der Waals surface area contributed by atoms with Crippen molar-refractivity contribution in [3.05, 3.63) is 134 Å². The average molecular weight is 537 g/mol. The first-order valence-electron chi connectivity index (χ1n) is 14.2. The minimum Gasteiger partial charge on any atom is -0.455 e. The van der Waals surface area contributed by atoms with Gasteiger partial charge in [-0.25, -0.2) is 0 Å². The summed E-state index contributed by atoms with van der Waals surface area (Å²) < 4.78 is 12.8. The third kappa shape index (κ3) is 2.98. The number of furan rings is 2. The Morgan fingerprint density at radius 2 is 1.00 bits per heavy atom. The van der Waals surface area contributed by atoms with Crippen molar-refractivity contribution in [2.75, 3.05) is 0 Å². The van der Waals surface area contributed by atoms with Gasteiger partial charge in [0.25, 0.3) is 0 Å². The molecule has 0 spiro atoms. The highest BCUT2D eigenvalue weighted by Crippen LogP contribution is 2.45. The monoisotopic (exact) mass is 536 g/mol.